The van der Waals surface area contributed by atoms with Gasteiger partial charge in [-0.1, -0.05) is 17.7 Å². The first-order valence-electron chi connectivity index (χ1n) is 10.8. The second-order valence-electron chi connectivity index (χ2n) is 7.74. The molecule has 0 spiro atoms. The molecule has 4 N–H and O–H groups in total. The van der Waals surface area contributed by atoms with Gasteiger partial charge in [-0.15, -0.1) is 23.1 Å². The van der Waals surface area contributed by atoms with Crippen LogP contribution >= 0.6 is 46.5 Å². The zero-order valence-corrected chi connectivity index (χ0v) is 22.3. The lowest BCUT2D eigenvalue weighted by molar-refractivity contribution is -0.706. The van der Waals surface area contributed by atoms with Crippen LogP contribution in [-0.2, 0) is 14.4 Å². The van der Waals surface area contributed by atoms with Crippen molar-refractivity contribution in [3.05, 3.63) is 56.2 Å². The van der Waals surface area contributed by atoms with E-state index >= 15 is 0 Å². The lowest BCUT2D eigenvalue weighted by atomic mass is 10.0. The highest BCUT2D eigenvalue weighted by atomic mass is 35.5. The smallest absolute Gasteiger partial charge is 0.352 e. The lowest BCUT2D eigenvalue weighted by Crippen LogP contribution is -2.71. The average Bonchev–Trinajstić information content (AvgIpc) is 3.42. The van der Waals surface area contributed by atoms with E-state index in [9.17, 15) is 29.5 Å². The minimum absolute atomic E-state index is 0.0180. The molecule has 0 aromatic carbocycles. The third-order valence-electron chi connectivity index (χ3n) is 5.37. The first kappa shape index (κ1) is 27.5. The highest BCUT2D eigenvalue weighted by Crippen LogP contribution is 2.41. The van der Waals surface area contributed by atoms with Crippen molar-refractivity contribution in [3.8, 4) is 6.07 Å². The summed E-state index contributed by atoms with van der Waals surface area (Å²) in [6, 6.07) is 5.13. The molecule has 3 atom stereocenters. The van der Waals surface area contributed by atoms with Crippen molar-refractivity contribution in [1.82, 2.24) is 25.9 Å². The number of thiophene rings is 1. The van der Waals surface area contributed by atoms with Gasteiger partial charge in [0.05, 0.1) is 6.07 Å². The van der Waals surface area contributed by atoms with Crippen molar-refractivity contribution in [2.45, 2.75) is 22.5 Å². The molecule has 2 aromatic heterocycles. The summed E-state index contributed by atoms with van der Waals surface area (Å²) in [7, 11) is 0. The van der Waals surface area contributed by atoms with Crippen LogP contribution in [-0.4, -0.2) is 68.4 Å². The molecule has 0 aliphatic carbocycles. The molecule has 2 aliphatic heterocycles. The maximum Gasteiger partial charge on any atom is 0.352 e. The number of β-lactam (4-membered cyclic amide) rings is 1. The third-order valence-corrected chi connectivity index (χ3v) is 8.93. The number of fused-ring (bicyclic) bond motifs is 1. The first-order chi connectivity index (χ1) is 18.2. The van der Waals surface area contributed by atoms with Gasteiger partial charge in [-0.05, 0) is 39.7 Å². The number of rotatable bonds is 9. The Morgan fingerprint density at radius 2 is 2.18 bits per heavy atom. The van der Waals surface area contributed by atoms with Crippen LogP contribution in [0.3, 0.4) is 0 Å². The summed E-state index contributed by atoms with van der Waals surface area (Å²) in [6.07, 6.45) is 0. The summed E-state index contributed by atoms with van der Waals surface area (Å²) < 4.78 is 0. The number of hydrogen-bond acceptors (Lipinski definition) is 10. The number of amides is 4. The second kappa shape index (κ2) is 11.9. The Morgan fingerprint density at radius 1 is 1.39 bits per heavy atom. The topological polar surface area (TPSA) is 191 Å². The van der Waals surface area contributed by atoms with E-state index in [1.54, 1.807) is 23.6 Å². The predicted octanol–water partition coefficient (Wildman–Crippen LogP) is 0.825. The van der Waals surface area contributed by atoms with Crippen molar-refractivity contribution in [2.75, 3.05) is 18.1 Å². The molecular weight excluding hydrogens is 578 g/mol. The van der Waals surface area contributed by atoms with Crippen LogP contribution < -0.4 is 20.8 Å². The van der Waals surface area contributed by atoms with E-state index in [-0.39, 0.29) is 33.9 Å². The molecule has 2 aliphatic rings. The molecule has 4 heterocycles. The van der Waals surface area contributed by atoms with Crippen molar-refractivity contribution in [1.29, 1.82) is 5.26 Å². The van der Waals surface area contributed by atoms with Crippen molar-refractivity contribution < 1.29 is 29.1 Å². The van der Waals surface area contributed by atoms with Crippen LogP contribution in [0.4, 0.5) is 4.79 Å². The summed E-state index contributed by atoms with van der Waals surface area (Å²) >= 11 is 9.24. The second-order valence-corrected chi connectivity index (χ2v) is 11.2. The molecule has 4 amide bonds. The van der Waals surface area contributed by atoms with Gasteiger partial charge >= 0.3 is 12.0 Å². The van der Waals surface area contributed by atoms with Crippen molar-refractivity contribution in [3.63, 3.8) is 0 Å². The van der Waals surface area contributed by atoms with Crippen molar-refractivity contribution in [2.24, 2.45) is 0 Å². The molecule has 0 saturated carbocycles. The fourth-order valence-electron chi connectivity index (χ4n) is 3.69. The molecule has 4 rings (SSSR count). The lowest BCUT2D eigenvalue weighted by Gasteiger charge is -2.49. The first-order valence-corrected chi connectivity index (χ1v) is 14.0. The number of thioether (sulfide) groups is 2. The van der Waals surface area contributed by atoms with Gasteiger partial charge in [0.1, 0.15) is 29.7 Å². The van der Waals surface area contributed by atoms with Gasteiger partial charge in [0, 0.05) is 27.5 Å². The van der Waals surface area contributed by atoms with Gasteiger partial charge < -0.3 is 26.3 Å². The molecular formula is C21H18ClN7O6S3. The monoisotopic (exact) mass is 595 g/mol. The van der Waals surface area contributed by atoms with E-state index in [1.807, 2.05) is 0 Å². The largest absolute Gasteiger partial charge is 0.593 e. The minimum Gasteiger partial charge on any atom is -0.593 e. The Kier molecular flexibility index (Phi) is 8.62. The van der Waals surface area contributed by atoms with E-state index in [0.717, 1.165) is 16.7 Å². The standard InChI is InChI=1S/C21H18ClN7O6S3/c22-12-3-4-13(29(35)27-12)37-8-10-9-38-19-15(18(31)28(19)16(10)20(32)33)25-17(30)14(11-2-1-7-36-11)26-21(34)24-6-5-23/h1-4,7,14-15,19H,6,8-9H2,(H,25,30)(H,32,33)(H2,24,26,34)/t14?,15-,19?/m1/s1. The number of hydrogen-bond donors (Lipinski definition) is 4. The summed E-state index contributed by atoms with van der Waals surface area (Å²) in [5, 5.41) is 42.7. The summed E-state index contributed by atoms with van der Waals surface area (Å²) in [5.74, 6) is -2.20. The molecule has 2 unspecified atom stereocenters. The Morgan fingerprint density at radius 3 is 2.84 bits per heavy atom. The van der Waals surface area contributed by atoms with E-state index in [1.165, 1.54) is 35.2 Å². The molecule has 13 nitrogen and oxygen atoms in total. The molecule has 1 fully saturated rings. The predicted molar refractivity (Wildman–Crippen MR) is 138 cm³/mol. The summed E-state index contributed by atoms with van der Waals surface area (Å²) in [4.78, 5) is 52.3. The van der Waals surface area contributed by atoms with Gasteiger partial charge in [-0.2, -0.15) is 5.26 Å². The van der Waals surface area contributed by atoms with Crippen LogP contribution in [0.1, 0.15) is 10.9 Å². The number of halogens is 1. The van der Waals surface area contributed by atoms with Crippen LogP contribution in [0.5, 0.6) is 0 Å². The Labute approximate surface area is 232 Å². The fourth-order valence-corrected chi connectivity index (χ4v) is 6.95. The van der Waals surface area contributed by atoms with E-state index in [4.69, 9.17) is 16.9 Å². The Hall–Kier alpha value is -3.52. The van der Waals surface area contributed by atoms with Gasteiger partial charge in [-0.3, -0.25) is 14.5 Å². The molecule has 17 heteroatoms. The summed E-state index contributed by atoms with van der Waals surface area (Å²) in [5.41, 5.74) is 0.240. The van der Waals surface area contributed by atoms with Gasteiger partial charge in [-0.25, -0.2) is 9.59 Å². The van der Waals surface area contributed by atoms with Crippen LogP contribution in [0, 0.1) is 16.5 Å². The molecule has 198 valence electrons. The Balaban J connectivity index is 1.47. The maximum atomic E-state index is 13.1. The number of nitriles is 1. The molecule has 1 saturated heterocycles. The highest BCUT2D eigenvalue weighted by Gasteiger charge is 2.54. The number of carbonyl (C=O) groups is 4. The number of nitrogens with zero attached hydrogens (tertiary/aromatic N) is 4. The zero-order chi connectivity index (χ0) is 27.4. The van der Waals surface area contributed by atoms with Crippen LogP contribution in [0.25, 0.3) is 0 Å². The number of nitrogens with one attached hydrogen (secondary N) is 3. The number of carboxylic acids is 1. The highest BCUT2D eigenvalue weighted by molar-refractivity contribution is 8.01. The number of aliphatic carboxylic acids is 1. The average molecular weight is 596 g/mol. The quantitative estimate of drug-likeness (QED) is 0.106. The number of carboxylic acid groups (broad SMARTS) is 1. The number of aromatic nitrogens is 2. The van der Waals surface area contributed by atoms with Gasteiger partial charge in [0.2, 0.25) is 5.91 Å². The Bertz CT molecular complexity index is 1350. The molecule has 2 aromatic rings. The van der Waals surface area contributed by atoms with E-state index in [2.05, 4.69) is 21.0 Å². The SMILES string of the molecule is N#CCNC(=O)NC(C(=O)N[C@@H]1C(=O)N2C(C(=O)O)=C(CSc3ccc(Cl)n[n+]3[O-])CSC12)c1cccs1. The number of carbonyl (C=O) groups excluding carboxylic acids is 3. The third kappa shape index (κ3) is 5.80. The molecule has 38 heavy (non-hydrogen) atoms. The van der Waals surface area contributed by atoms with E-state index < -0.39 is 41.3 Å². The van der Waals surface area contributed by atoms with Crippen LogP contribution in [0.2, 0.25) is 5.15 Å². The zero-order valence-electron chi connectivity index (χ0n) is 19.1. The molecule has 0 bridgehead atoms. The normalized spacial score (nSPS) is 19.1. The van der Waals surface area contributed by atoms with Crippen LogP contribution in [0.15, 0.2) is 45.9 Å². The maximum absolute atomic E-state index is 13.1. The fraction of sp³-hybridized carbons (Fsp3) is 0.286. The number of urea groups is 1. The van der Waals surface area contributed by atoms with Crippen molar-refractivity contribution >= 4 is 70.3 Å². The molecule has 0 radical (unpaired) electrons. The van der Waals surface area contributed by atoms with Gasteiger partial charge in [0.15, 0.2) is 5.15 Å². The summed E-state index contributed by atoms with van der Waals surface area (Å²) in [6.45, 7) is -0.256. The van der Waals surface area contributed by atoms with Gasteiger partial charge in [0.25, 0.3) is 10.9 Å². The minimum atomic E-state index is -1.31. The van der Waals surface area contributed by atoms with E-state index in [0.29, 0.717) is 15.3 Å².